The molecule has 0 unspecified atom stereocenters. The first-order valence-electron chi connectivity index (χ1n) is 6.79. The number of halogens is 1. The Hall–Kier alpha value is -2.17. The van der Waals surface area contributed by atoms with E-state index in [-0.39, 0.29) is 0 Å². The molecule has 3 rings (SSSR count). The standard InChI is InChI=1S/C17H14ClN3S/c18-15-6-2-5-14(10-15)17-20-7-8-21(17)11-12-3-1-4-13(9-12)16(19)22/h1-10H,11H2,(H2,19,22). The van der Waals surface area contributed by atoms with Crippen molar-refractivity contribution in [1.82, 2.24) is 9.55 Å². The number of imidazole rings is 1. The predicted octanol–water partition coefficient (Wildman–Crippen LogP) is 3.89. The van der Waals surface area contributed by atoms with Gasteiger partial charge in [-0.1, -0.05) is 54.2 Å². The first kappa shape index (κ1) is 14.8. The molecule has 0 aliphatic carbocycles. The topological polar surface area (TPSA) is 43.8 Å². The van der Waals surface area contributed by atoms with Gasteiger partial charge in [0.05, 0.1) is 0 Å². The molecule has 0 radical (unpaired) electrons. The minimum Gasteiger partial charge on any atom is -0.389 e. The van der Waals surface area contributed by atoms with Gasteiger partial charge in [-0.15, -0.1) is 0 Å². The second-order valence-electron chi connectivity index (χ2n) is 4.95. The van der Waals surface area contributed by atoms with E-state index in [1.165, 1.54) is 0 Å². The molecule has 1 aromatic heterocycles. The quantitative estimate of drug-likeness (QED) is 0.739. The molecule has 3 nitrogen and oxygen atoms in total. The molecule has 3 aromatic rings. The van der Waals surface area contributed by atoms with Crippen molar-refractivity contribution in [3.8, 4) is 11.4 Å². The third-order valence-corrected chi connectivity index (χ3v) is 3.83. The maximum atomic E-state index is 6.06. The van der Waals surface area contributed by atoms with Gasteiger partial charge in [-0.3, -0.25) is 0 Å². The van der Waals surface area contributed by atoms with Crippen LogP contribution in [0.15, 0.2) is 60.9 Å². The minimum absolute atomic E-state index is 0.405. The summed E-state index contributed by atoms with van der Waals surface area (Å²) >= 11 is 11.1. The zero-order chi connectivity index (χ0) is 15.5. The number of aromatic nitrogens is 2. The SMILES string of the molecule is NC(=S)c1cccc(Cn2ccnc2-c2cccc(Cl)c2)c1. The van der Waals surface area contributed by atoms with Gasteiger partial charge in [0.15, 0.2) is 0 Å². The number of rotatable bonds is 4. The van der Waals surface area contributed by atoms with Gasteiger partial charge < -0.3 is 10.3 Å². The van der Waals surface area contributed by atoms with E-state index in [9.17, 15) is 0 Å². The van der Waals surface area contributed by atoms with E-state index in [0.29, 0.717) is 16.6 Å². The van der Waals surface area contributed by atoms with Gasteiger partial charge in [-0.25, -0.2) is 4.98 Å². The molecule has 0 fully saturated rings. The average molecular weight is 328 g/mol. The van der Waals surface area contributed by atoms with Crippen molar-refractivity contribution < 1.29 is 0 Å². The van der Waals surface area contributed by atoms with Crippen LogP contribution < -0.4 is 5.73 Å². The van der Waals surface area contributed by atoms with E-state index in [2.05, 4.69) is 9.55 Å². The normalized spacial score (nSPS) is 10.6. The van der Waals surface area contributed by atoms with Crippen LogP contribution in [0.5, 0.6) is 0 Å². The fraction of sp³-hybridized carbons (Fsp3) is 0.0588. The minimum atomic E-state index is 0.405. The third kappa shape index (κ3) is 3.18. The fourth-order valence-corrected chi connectivity index (χ4v) is 2.66. The summed E-state index contributed by atoms with van der Waals surface area (Å²) in [4.78, 5) is 4.84. The summed E-state index contributed by atoms with van der Waals surface area (Å²) in [6.07, 6.45) is 3.73. The van der Waals surface area contributed by atoms with Crippen molar-refractivity contribution in [2.45, 2.75) is 6.54 Å². The lowest BCUT2D eigenvalue weighted by Crippen LogP contribution is -2.10. The maximum Gasteiger partial charge on any atom is 0.140 e. The second-order valence-corrected chi connectivity index (χ2v) is 5.83. The molecular weight excluding hydrogens is 314 g/mol. The number of nitrogens with zero attached hydrogens (tertiary/aromatic N) is 2. The Balaban J connectivity index is 1.93. The summed E-state index contributed by atoms with van der Waals surface area (Å²) < 4.78 is 2.07. The number of hydrogen-bond acceptors (Lipinski definition) is 2. The van der Waals surface area contributed by atoms with Crippen molar-refractivity contribution in [2.75, 3.05) is 0 Å². The van der Waals surface area contributed by atoms with E-state index in [0.717, 1.165) is 22.5 Å². The van der Waals surface area contributed by atoms with Crippen molar-refractivity contribution in [2.24, 2.45) is 5.73 Å². The van der Waals surface area contributed by atoms with Crippen LogP contribution >= 0.6 is 23.8 Å². The highest BCUT2D eigenvalue weighted by molar-refractivity contribution is 7.80. The van der Waals surface area contributed by atoms with Crippen LogP contribution in [0.4, 0.5) is 0 Å². The Kier molecular flexibility index (Phi) is 4.22. The van der Waals surface area contributed by atoms with E-state index in [1.54, 1.807) is 6.20 Å². The second kappa shape index (κ2) is 6.30. The Morgan fingerprint density at radius 1 is 1.18 bits per heavy atom. The molecule has 0 aliphatic rings. The highest BCUT2D eigenvalue weighted by Crippen LogP contribution is 2.22. The molecule has 0 spiro atoms. The molecule has 0 atom stereocenters. The smallest absolute Gasteiger partial charge is 0.140 e. The fourth-order valence-electron chi connectivity index (χ4n) is 2.34. The van der Waals surface area contributed by atoms with Crippen LogP contribution in [-0.2, 0) is 6.54 Å². The molecule has 0 saturated carbocycles. The molecule has 0 aliphatic heterocycles. The predicted molar refractivity (Wildman–Crippen MR) is 94.1 cm³/mol. The summed E-state index contributed by atoms with van der Waals surface area (Å²) in [5.41, 5.74) is 8.67. The maximum absolute atomic E-state index is 6.06. The first-order valence-corrected chi connectivity index (χ1v) is 7.58. The van der Waals surface area contributed by atoms with Crippen molar-refractivity contribution in [3.05, 3.63) is 77.1 Å². The zero-order valence-electron chi connectivity index (χ0n) is 11.7. The molecule has 2 aromatic carbocycles. The van der Waals surface area contributed by atoms with Gasteiger partial charge in [-0.05, 0) is 23.8 Å². The molecular formula is C17H14ClN3S. The Morgan fingerprint density at radius 3 is 2.77 bits per heavy atom. The molecule has 5 heteroatoms. The third-order valence-electron chi connectivity index (χ3n) is 3.36. The summed E-state index contributed by atoms with van der Waals surface area (Å²) in [6, 6.07) is 15.6. The van der Waals surface area contributed by atoms with Gasteiger partial charge in [0.2, 0.25) is 0 Å². The number of nitrogens with two attached hydrogens (primary N) is 1. The Labute approximate surface area is 139 Å². The van der Waals surface area contributed by atoms with Gasteiger partial charge in [-0.2, -0.15) is 0 Å². The number of hydrogen-bond donors (Lipinski definition) is 1. The van der Waals surface area contributed by atoms with Gasteiger partial charge in [0, 0.05) is 35.1 Å². The van der Waals surface area contributed by atoms with Crippen LogP contribution in [0.3, 0.4) is 0 Å². The molecule has 110 valence electrons. The lowest BCUT2D eigenvalue weighted by molar-refractivity contribution is 0.807. The largest absolute Gasteiger partial charge is 0.389 e. The van der Waals surface area contributed by atoms with Crippen LogP contribution in [-0.4, -0.2) is 14.5 Å². The Morgan fingerprint density at radius 2 is 2.00 bits per heavy atom. The van der Waals surface area contributed by atoms with Crippen molar-refractivity contribution in [3.63, 3.8) is 0 Å². The molecule has 0 saturated heterocycles. The molecule has 2 N–H and O–H groups in total. The van der Waals surface area contributed by atoms with Gasteiger partial charge in [0.1, 0.15) is 10.8 Å². The molecule has 1 heterocycles. The summed E-state index contributed by atoms with van der Waals surface area (Å²) in [6.45, 7) is 0.693. The highest BCUT2D eigenvalue weighted by Gasteiger charge is 2.07. The van der Waals surface area contributed by atoms with Crippen LogP contribution in [0, 0.1) is 0 Å². The summed E-state index contributed by atoms with van der Waals surface area (Å²) in [7, 11) is 0. The van der Waals surface area contributed by atoms with Crippen molar-refractivity contribution >= 4 is 28.8 Å². The molecule has 22 heavy (non-hydrogen) atoms. The molecule has 0 amide bonds. The van der Waals surface area contributed by atoms with Crippen LogP contribution in [0.1, 0.15) is 11.1 Å². The van der Waals surface area contributed by atoms with Crippen molar-refractivity contribution in [1.29, 1.82) is 0 Å². The number of thiocarbonyl (C=S) groups is 1. The summed E-state index contributed by atoms with van der Waals surface area (Å²) in [5, 5.41) is 0.697. The number of benzene rings is 2. The lowest BCUT2D eigenvalue weighted by Gasteiger charge is -2.09. The van der Waals surface area contributed by atoms with Crippen LogP contribution in [0.2, 0.25) is 5.02 Å². The van der Waals surface area contributed by atoms with E-state index >= 15 is 0 Å². The first-order chi connectivity index (χ1) is 10.6. The average Bonchev–Trinajstić information content (AvgIpc) is 2.95. The zero-order valence-corrected chi connectivity index (χ0v) is 13.3. The Bertz CT molecular complexity index is 826. The van der Waals surface area contributed by atoms with Gasteiger partial charge >= 0.3 is 0 Å². The van der Waals surface area contributed by atoms with Crippen LogP contribution in [0.25, 0.3) is 11.4 Å². The van der Waals surface area contributed by atoms with E-state index < -0.39 is 0 Å². The van der Waals surface area contributed by atoms with E-state index in [1.807, 2.05) is 54.7 Å². The molecule has 0 bridgehead atoms. The van der Waals surface area contributed by atoms with E-state index in [4.69, 9.17) is 29.6 Å². The monoisotopic (exact) mass is 327 g/mol. The highest BCUT2D eigenvalue weighted by atomic mass is 35.5. The van der Waals surface area contributed by atoms with Gasteiger partial charge in [0.25, 0.3) is 0 Å². The lowest BCUT2D eigenvalue weighted by atomic mass is 10.1. The summed E-state index contributed by atoms with van der Waals surface area (Å²) in [5.74, 6) is 0.878.